The van der Waals surface area contributed by atoms with Crippen LogP contribution >= 0.6 is 0 Å². The summed E-state index contributed by atoms with van der Waals surface area (Å²) >= 11 is 0. The van der Waals surface area contributed by atoms with Gasteiger partial charge in [-0.15, -0.1) is 0 Å². The fourth-order valence-corrected chi connectivity index (χ4v) is 0.689. The summed E-state index contributed by atoms with van der Waals surface area (Å²) in [5.41, 5.74) is -0.101. The van der Waals surface area contributed by atoms with Gasteiger partial charge in [0.05, 0.1) is 0 Å². The van der Waals surface area contributed by atoms with Gasteiger partial charge in [-0.25, -0.2) is 5.90 Å². The number of rotatable bonds is 2. The molecule has 0 atom stereocenters. The van der Waals surface area contributed by atoms with Gasteiger partial charge < -0.3 is 4.52 Å². The summed E-state index contributed by atoms with van der Waals surface area (Å²) in [4.78, 5) is 8.45. The third kappa shape index (κ3) is 2.02. The van der Waals surface area contributed by atoms with Crippen LogP contribution < -0.4 is 5.90 Å². The van der Waals surface area contributed by atoms with Crippen LogP contribution in [-0.2, 0) is 16.9 Å². The monoisotopic (exact) mass is 171 g/mol. The average molecular weight is 171 g/mol. The summed E-state index contributed by atoms with van der Waals surface area (Å²) in [5, 5.41) is 3.78. The van der Waals surface area contributed by atoms with E-state index in [1.807, 2.05) is 20.8 Å². The Morgan fingerprint density at radius 1 is 1.50 bits per heavy atom. The second-order valence-electron chi connectivity index (χ2n) is 3.57. The average Bonchev–Trinajstić information content (AvgIpc) is 2.35. The molecule has 1 heterocycles. The van der Waals surface area contributed by atoms with Gasteiger partial charge in [0.15, 0.2) is 5.82 Å². The van der Waals surface area contributed by atoms with Crippen LogP contribution in [0.15, 0.2) is 4.52 Å². The molecule has 0 unspecified atom stereocenters. The van der Waals surface area contributed by atoms with Crippen LogP contribution in [-0.4, -0.2) is 10.1 Å². The first kappa shape index (κ1) is 9.15. The first-order valence-corrected chi connectivity index (χ1v) is 3.69. The van der Waals surface area contributed by atoms with Crippen LogP contribution in [0.1, 0.15) is 32.5 Å². The molecule has 0 saturated heterocycles. The van der Waals surface area contributed by atoms with Gasteiger partial charge in [0.2, 0.25) is 0 Å². The highest BCUT2D eigenvalue weighted by Crippen LogP contribution is 2.18. The lowest BCUT2D eigenvalue weighted by molar-refractivity contribution is 0.0995. The van der Waals surface area contributed by atoms with Gasteiger partial charge in [0.25, 0.3) is 5.89 Å². The molecule has 1 rings (SSSR count). The van der Waals surface area contributed by atoms with Crippen molar-refractivity contribution in [1.82, 2.24) is 10.1 Å². The van der Waals surface area contributed by atoms with E-state index in [1.165, 1.54) is 0 Å². The van der Waals surface area contributed by atoms with Gasteiger partial charge in [-0.3, -0.25) is 4.84 Å². The number of aromatic nitrogens is 2. The molecular weight excluding hydrogens is 158 g/mol. The Hall–Kier alpha value is -0.940. The minimum Gasteiger partial charge on any atom is -0.337 e. The topological polar surface area (TPSA) is 74.2 Å². The second-order valence-corrected chi connectivity index (χ2v) is 3.57. The van der Waals surface area contributed by atoms with Crippen molar-refractivity contribution in [1.29, 1.82) is 0 Å². The van der Waals surface area contributed by atoms with Crippen molar-refractivity contribution in [3.63, 3.8) is 0 Å². The summed E-state index contributed by atoms with van der Waals surface area (Å²) < 4.78 is 4.87. The molecule has 0 radical (unpaired) electrons. The van der Waals surface area contributed by atoms with Crippen molar-refractivity contribution >= 4 is 0 Å². The quantitative estimate of drug-likeness (QED) is 0.665. The van der Waals surface area contributed by atoms with E-state index in [2.05, 4.69) is 15.0 Å². The normalized spacial score (nSPS) is 12.0. The largest absolute Gasteiger partial charge is 0.337 e. The van der Waals surface area contributed by atoms with Crippen LogP contribution in [0.3, 0.4) is 0 Å². The molecule has 0 saturated carbocycles. The van der Waals surface area contributed by atoms with Crippen molar-refractivity contribution in [3.05, 3.63) is 11.7 Å². The molecule has 0 aliphatic carbocycles. The lowest BCUT2D eigenvalue weighted by Gasteiger charge is -2.10. The molecule has 1 aromatic rings. The van der Waals surface area contributed by atoms with Crippen LogP contribution in [0.2, 0.25) is 0 Å². The fraction of sp³-hybridized carbons (Fsp3) is 0.714. The van der Waals surface area contributed by atoms with Crippen LogP contribution in [0.25, 0.3) is 0 Å². The molecule has 5 heteroatoms. The minimum atomic E-state index is -0.101. The molecule has 0 fully saturated rings. The van der Waals surface area contributed by atoms with Gasteiger partial charge in [0.1, 0.15) is 6.61 Å². The summed E-state index contributed by atoms with van der Waals surface area (Å²) in [6, 6.07) is 0. The zero-order chi connectivity index (χ0) is 9.19. The Bertz CT molecular complexity index is 251. The SMILES string of the molecule is CC(C)(C)c1noc(CON)n1. The molecule has 0 amide bonds. The van der Waals surface area contributed by atoms with Crippen molar-refractivity contribution < 1.29 is 9.36 Å². The molecular formula is C7H13N3O2. The molecule has 1 aromatic heterocycles. The molecule has 68 valence electrons. The predicted octanol–water partition coefficient (Wildman–Crippen LogP) is 0.757. The van der Waals surface area contributed by atoms with E-state index < -0.39 is 0 Å². The van der Waals surface area contributed by atoms with E-state index in [0.29, 0.717) is 11.7 Å². The second kappa shape index (κ2) is 3.20. The van der Waals surface area contributed by atoms with E-state index >= 15 is 0 Å². The summed E-state index contributed by atoms with van der Waals surface area (Å²) in [7, 11) is 0. The first-order valence-electron chi connectivity index (χ1n) is 3.69. The van der Waals surface area contributed by atoms with Crippen molar-refractivity contribution in [3.8, 4) is 0 Å². The highest BCUT2D eigenvalue weighted by molar-refractivity contribution is 4.99. The third-order valence-corrected chi connectivity index (χ3v) is 1.35. The van der Waals surface area contributed by atoms with Crippen LogP contribution in [0.4, 0.5) is 0 Å². The lowest BCUT2D eigenvalue weighted by atomic mass is 9.96. The number of nitrogens with zero attached hydrogens (tertiary/aromatic N) is 2. The smallest absolute Gasteiger partial charge is 0.254 e. The highest BCUT2D eigenvalue weighted by Gasteiger charge is 2.20. The summed E-state index contributed by atoms with van der Waals surface area (Å²) in [5.74, 6) is 5.92. The highest BCUT2D eigenvalue weighted by atomic mass is 16.6. The van der Waals surface area contributed by atoms with E-state index in [9.17, 15) is 0 Å². The zero-order valence-electron chi connectivity index (χ0n) is 7.50. The fourth-order valence-electron chi connectivity index (χ4n) is 0.689. The Morgan fingerprint density at radius 3 is 2.58 bits per heavy atom. The number of nitrogens with two attached hydrogens (primary N) is 1. The Morgan fingerprint density at radius 2 is 2.17 bits per heavy atom. The van der Waals surface area contributed by atoms with E-state index in [4.69, 9.17) is 10.4 Å². The zero-order valence-corrected chi connectivity index (χ0v) is 7.50. The summed E-state index contributed by atoms with van der Waals surface area (Å²) in [6.45, 7) is 6.17. The first-order chi connectivity index (χ1) is 5.54. The maximum absolute atomic E-state index is 4.87. The standard InChI is InChI=1S/C7H13N3O2/c1-7(2,3)6-9-5(4-11-8)12-10-6/h4,8H2,1-3H3. The Balaban J connectivity index is 2.77. The molecule has 12 heavy (non-hydrogen) atoms. The number of hydrogen-bond acceptors (Lipinski definition) is 5. The van der Waals surface area contributed by atoms with E-state index in [-0.39, 0.29) is 12.0 Å². The van der Waals surface area contributed by atoms with E-state index in [1.54, 1.807) is 0 Å². The van der Waals surface area contributed by atoms with Gasteiger partial charge in [-0.2, -0.15) is 4.98 Å². The lowest BCUT2D eigenvalue weighted by Crippen LogP contribution is -2.13. The van der Waals surface area contributed by atoms with Crippen molar-refractivity contribution in [2.75, 3.05) is 0 Å². The van der Waals surface area contributed by atoms with Crippen LogP contribution in [0, 0.1) is 0 Å². The maximum Gasteiger partial charge on any atom is 0.254 e. The van der Waals surface area contributed by atoms with Gasteiger partial charge in [-0.05, 0) is 0 Å². The van der Waals surface area contributed by atoms with Gasteiger partial charge in [0, 0.05) is 5.41 Å². The molecule has 0 aliphatic heterocycles. The van der Waals surface area contributed by atoms with Crippen molar-refractivity contribution in [2.24, 2.45) is 5.90 Å². The molecule has 5 nitrogen and oxygen atoms in total. The van der Waals surface area contributed by atoms with Gasteiger partial charge in [-0.1, -0.05) is 25.9 Å². The molecule has 2 N–H and O–H groups in total. The Kier molecular flexibility index (Phi) is 2.44. The van der Waals surface area contributed by atoms with Crippen molar-refractivity contribution in [2.45, 2.75) is 32.8 Å². The summed E-state index contributed by atoms with van der Waals surface area (Å²) in [6.07, 6.45) is 0. The third-order valence-electron chi connectivity index (χ3n) is 1.35. The maximum atomic E-state index is 4.87. The predicted molar refractivity (Wildman–Crippen MR) is 42.0 cm³/mol. The van der Waals surface area contributed by atoms with Crippen LogP contribution in [0.5, 0.6) is 0 Å². The molecule has 0 bridgehead atoms. The molecule has 0 aromatic carbocycles. The Labute approximate surface area is 70.8 Å². The molecule has 0 aliphatic rings. The van der Waals surface area contributed by atoms with E-state index in [0.717, 1.165) is 0 Å². The molecule has 0 spiro atoms. The number of hydrogen-bond donors (Lipinski definition) is 1. The van der Waals surface area contributed by atoms with Gasteiger partial charge >= 0.3 is 0 Å². The minimum absolute atomic E-state index is 0.101.